The zero-order chi connectivity index (χ0) is 15.5. The molecule has 0 bridgehead atoms. The highest BCUT2D eigenvalue weighted by Crippen LogP contribution is 2.25. The molecular weight excluding hydrogens is 282 g/mol. The van der Waals surface area contributed by atoms with Crippen molar-refractivity contribution >= 4 is 28.1 Å². The lowest BCUT2D eigenvalue weighted by molar-refractivity contribution is 0.102. The van der Waals surface area contributed by atoms with E-state index in [9.17, 15) is 4.79 Å². The van der Waals surface area contributed by atoms with Gasteiger partial charge in [-0.2, -0.15) is 4.98 Å². The third-order valence-corrected chi connectivity index (χ3v) is 4.44. The van der Waals surface area contributed by atoms with E-state index >= 15 is 0 Å². The second-order valence-electron chi connectivity index (χ2n) is 5.75. The number of aryl methyl sites for hydroxylation is 1. The first-order valence-corrected chi connectivity index (χ1v) is 7.97. The van der Waals surface area contributed by atoms with Gasteiger partial charge < -0.3 is 5.32 Å². The Labute approximate surface area is 130 Å². The van der Waals surface area contributed by atoms with Crippen LogP contribution in [0, 0.1) is 6.92 Å². The van der Waals surface area contributed by atoms with Crippen LogP contribution < -0.4 is 9.80 Å². The molecule has 5 heteroatoms. The molecule has 21 heavy (non-hydrogen) atoms. The van der Waals surface area contributed by atoms with Gasteiger partial charge in [0.25, 0.3) is 11.0 Å². The van der Waals surface area contributed by atoms with Gasteiger partial charge in [-0.05, 0) is 31.0 Å². The molecule has 1 N–H and O–H groups in total. The summed E-state index contributed by atoms with van der Waals surface area (Å²) in [6, 6.07) is 7.76. The van der Waals surface area contributed by atoms with Gasteiger partial charge in [-0.25, -0.2) is 0 Å². The number of aromatic nitrogens is 1. The van der Waals surface area contributed by atoms with Crippen LogP contribution in [-0.4, -0.2) is 31.5 Å². The quantitative estimate of drug-likeness (QED) is 0.856. The van der Waals surface area contributed by atoms with Crippen LogP contribution in [0.3, 0.4) is 0 Å². The predicted molar refractivity (Wildman–Crippen MR) is 90.0 cm³/mol. The Bertz CT molecular complexity index is 634. The second kappa shape index (κ2) is 6.37. The first-order chi connectivity index (χ1) is 9.92. The summed E-state index contributed by atoms with van der Waals surface area (Å²) in [6.45, 7) is 5.16. The topological polar surface area (TPSA) is 42.0 Å². The molecule has 2 aromatic rings. The Morgan fingerprint density at radius 3 is 2.81 bits per heavy atom. The zero-order valence-corrected chi connectivity index (χ0v) is 13.8. The molecule has 0 radical (unpaired) electrons. The number of anilines is 1. The Morgan fingerprint density at radius 1 is 1.38 bits per heavy atom. The van der Waals surface area contributed by atoms with Gasteiger partial charge in [-0.15, -0.1) is 0 Å². The van der Waals surface area contributed by atoms with Crippen molar-refractivity contribution in [3.05, 3.63) is 40.9 Å². The van der Waals surface area contributed by atoms with Gasteiger partial charge in [-0.1, -0.05) is 30.4 Å². The molecule has 1 heterocycles. The van der Waals surface area contributed by atoms with E-state index in [1.54, 1.807) is 0 Å². The Hall–Kier alpha value is -1.72. The van der Waals surface area contributed by atoms with Gasteiger partial charge >= 0.3 is 0 Å². The van der Waals surface area contributed by atoms with E-state index in [4.69, 9.17) is 0 Å². The summed E-state index contributed by atoms with van der Waals surface area (Å²) in [5.74, 6) is -0.153. The molecule has 0 unspecified atom stereocenters. The molecule has 4 nitrogen and oxygen atoms in total. The first kappa shape index (κ1) is 15.7. The third kappa shape index (κ3) is 3.89. The fourth-order valence-corrected chi connectivity index (χ4v) is 3.12. The van der Waals surface area contributed by atoms with Gasteiger partial charge in [0.05, 0.1) is 20.6 Å². The maximum atomic E-state index is 12.2. The minimum atomic E-state index is -0.153. The van der Waals surface area contributed by atoms with Crippen molar-refractivity contribution in [2.24, 2.45) is 0 Å². The van der Waals surface area contributed by atoms with Crippen LogP contribution in [0.15, 0.2) is 29.6 Å². The minimum Gasteiger partial charge on any atom is -0.321 e. The summed E-state index contributed by atoms with van der Waals surface area (Å²) >= 11 is 1.54. The van der Waals surface area contributed by atoms with E-state index in [1.165, 1.54) is 11.3 Å². The van der Waals surface area contributed by atoms with Crippen LogP contribution in [0.5, 0.6) is 0 Å². The molecule has 112 valence electrons. The van der Waals surface area contributed by atoms with E-state index in [1.807, 2.05) is 36.6 Å². The summed E-state index contributed by atoms with van der Waals surface area (Å²) in [6.07, 6.45) is 1.08. The number of carbonyl (C=O) groups is 1. The van der Waals surface area contributed by atoms with Gasteiger partial charge in [-0.3, -0.25) is 9.28 Å². The lowest BCUT2D eigenvalue weighted by Gasteiger charge is -2.24. The Morgan fingerprint density at radius 2 is 2.14 bits per heavy atom. The molecule has 0 saturated carbocycles. The van der Waals surface area contributed by atoms with E-state index in [0.29, 0.717) is 10.2 Å². The standard InChI is InChI=1S/C16H21N3OS/c1-5-9-19(3,4)16-18-14(11-21-16)15(20)17-13-8-6-7-12(2)10-13/h6-8,10-11H,5,9H2,1-4H3/p+1. The Balaban J connectivity index is 2.12. The van der Waals surface area contributed by atoms with Gasteiger partial charge in [0.2, 0.25) is 0 Å². The van der Waals surface area contributed by atoms with Crippen LogP contribution in [0.4, 0.5) is 10.8 Å². The second-order valence-corrected chi connectivity index (χ2v) is 6.58. The van der Waals surface area contributed by atoms with Crippen molar-refractivity contribution in [1.82, 2.24) is 9.47 Å². The van der Waals surface area contributed by atoms with Crippen molar-refractivity contribution in [3.63, 3.8) is 0 Å². The van der Waals surface area contributed by atoms with Crippen LogP contribution in [0.25, 0.3) is 0 Å². The SMILES string of the molecule is CCC[N+](C)(C)c1nc(C(=O)Nc2cccc(C)c2)cs1. The monoisotopic (exact) mass is 304 g/mol. The summed E-state index contributed by atoms with van der Waals surface area (Å²) < 4.78 is 0.707. The first-order valence-electron chi connectivity index (χ1n) is 7.09. The fourth-order valence-electron chi connectivity index (χ4n) is 2.22. The van der Waals surface area contributed by atoms with Crippen LogP contribution in [0.1, 0.15) is 29.4 Å². The maximum absolute atomic E-state index is 12.2. The number of hydrogen-bond donors (Lipinski definition) is 1. The summed E-state index contributed by atoms with van der Waals surface area (Å²) in [4.78, 5) is 16.7. The van der Waals surface area contributed by atoms with Gasteiger partial charge in [0, 0.05) is 11.1 Å². The largest absolute Gasteiger partial charge is 0.321 e. The number of amides is 1. The van der Waals surface area contributed by atoms with E-state index in [0.717, 1.165) is 29.3 Å². The third-order valence-electron chi connectivity index (χ3n) is 3.30. The molecule has 1 amide bonds. The number of rotatable bonds is 5. The summed E-state index contributed by atoms with van der Waals surface area (Å²) in [7, 11) is 4.23. The number of carbonyl (C=O) groups excluding carboxylic acids is 1. The van der Waals surface area contributed by atoms with Crippen LogP contribution in [0.2, 0.25) is 0 Å². The number of nitrogens with zero attached hydrogens (tertiary/aromatic N) is 2. The highest BCUT2D eigenvalue weighted by atomic mass is 32.1. The lowest BCUT2D eigenvalue weighted by Crippen LogP contribution is -2.41. The van der Waals surface area contributed by atoms with Crippen LogP contribution >= 0.6 is 11.3 Å². The summed E-state index contributed by atoms with van der Waals surface area (Å²) in [5.41, 5.74) is 2.41. The van der Waals surface area contributed by atoms with Crippen molar-refractivity contribution in [2.45, 2.75) is 20.3 Å². The molecule has 1 aromatic heterocycles. The smallest absolute Gasteiger partial charge is 0.286 e. The normalized spacial score (nSPS) is 11.4. The number of hydrogen-bond acceptors (Lipinski definition) is 3. The molecule has 0 atom stereocenters. The van der Waals surface area contributed by atoms with Crippen LogP contribution in [-0.2, 0) is 0 Å². The lowest BCUT2D eigenvalue weighted by atomic mass is 10.2. The molecule has 1 aromatic carbocycles. The number of thiazole rings is 1. The van der Waals surface area contributed by atoms with Crippen molar-refractivity contribution < 1.29 is 4.79 Å². The average Bonchev–Trinajstić information content (AvgIpc) is 2.89. The molecule has 2 rings (SSSR count). The van der Waals surface area contributed by atoms with Gasteiger partial charge in [0.15, 0.2) is 0 Å². The molecule has 0 aliphatic carbocycles. The maximum Gasteiger partial charge on any atom is 0.286 e. The van der Waals surface area contributed by atoms with E-state index < -0.39 is 0 Å². The highest BCUT2D eigenvalue weighted by molar-refractivity contribution is 7.13. The van der Waals surface area contributed by atoms with Crippen molar-refractivity contribution in [2.75, 3.05) is 26.0 Å². The molecule has 0 saturated heterocycles. The number of quaternary nitrogens is 1. The average molecular weight is 304 g/mol. The van der Waals surface area contributed by atoms with Gasteiger partial charge in [0.1, 0.15) is 5.69 Å². The fraction of sp³-hybridized carbons (Fsp3) is 0.375. The summed E-state index contributed by atoms with van der Waals surface area (Å²) in [5, 5.41) is 5.69. The van der Waals surface area contributed by atoms with Crippen molar-refractivity contribution in [3.8, 4) is 0 Å². The Kier molecular flexibility index (Phi) is 4.75. The van der Waals surface area contributed by atoms with E-state index in [2.05, 4.69) is 31.3 Å². The van der Waals surface area contributed by atoms with Crippen molar-refractivity contribution in [1.29, 1.82) is 0 Å². The molecule has 0 spiro atoms. The molecular formula is C16H22N3OS+. The number of nitrogens with one attached hydrogen (secondary N) is 1. The minimum absolute atomic E-state index is 0.153. The zero-order valence-electron chi connectivity index (χ0n) is 13.0. The highest BCUT2D eigenvalue weighted by Gasteiger charge is 2.24. The molecule has 0 fully saturated rings. The predicted octanol–water partition coefficient (Wildman–Crippen LogP) is 3.68. The number of benzene rings is 1. The van der Waals surface area contributed by atoms with E-state index in [-0.39, 0.29) is 5.91 Å². The molecule has 0 aliphatic rings. The molecule has 0 aliphatic heterocycles.